The molecule has 0 unspecified atom stereocenters. The second-order valence-corrected chi connectivity index (χ2v) is 4.49. The summed E-state index contributed by atoms with van der Waals surface area (Å²) < 4.78 is 12.9. The molecule has 0 saturated heterocycles. The predicted molar refractivity (Wildman–Crippen MR) is 70.7 cm³/mol. The smallest absolute Gasteiger partial charge is 0.279 e. The molecule has 1 amide bonds. The molecule has 20 heavy (non-hydrogen) atoms. The van der Waals surface area contributed by atoms with Gasteiger partial charge in [-0.15, -0.1) is 15.0 Å². The van der Waals surface area contributed by atoms with Crippen LogP contribution in [0.1, 0.15) is 22.2 Å². The van der Waals surface area contributed by atoms with Crippen LogP contribution in [0, 0.1) is 5.82 Å². The second kappa shape index (κ2) is 5.56. The highest BCUT2D eigenvalue weighted by Gasteiger charge is 2.19. The van der Waals surface area contributed by atoms with E-state index in [1.807, 2.05) is 0 Å². The number of aromatic nitrogens is 3. The van der Waals surface area contributed by atoms with E-state index in [1.165, 1.54) is 13.0 Å². The lowest BCUT2D eigenvalue weighted by Gasteiger charge is -2.05. The van der Waals surface area contributed by atoms with Crippen LogP contribution < -0.4 is 5.32 Å². The first-order chi connectivity index (χ1) is 9.38. The van der Waals surface area contributed by atoms with Crippen molar-refractivity contribution in [2.45, 2.75) is 6.92 Å². The largest absolute Gasteiger partial charge is 0.319 e. The molecule has 1 heterocycles. The van der Waals surface area contributed by atoms with Crippen LogP contribution in [0.15, 0.2) is 18.2 Å². The van der Waals surface area contributed by atoms with E-state index < -0.39 is 17.6 Å². The predicted octanol–water partition coefficient (Wildman–Crippen LogP) is 2.64. The van der Waals surface area contributed by atoms with Gasteiger partial charge in [0.25, 0.3) is 11.8 Å². The van der Waals surface area contributed by atoms with Gasteiger partial charge in [-0.05, 0) is 18.2 Å². The molecule has 9 heteroatoms. The quantitative estimate of drug-likeness (QED) is 0.924. The van der Waals surface area contributed by atoms with Crippen LogP contribution in [0.25, 0.3) is 0 Å². The van der Waals surface area contributed by atoms with Gasteiger partial charge in [0, 0.05) is 6.92 Å². The number of halogens is 3. The molecular formula is C11H7Cl2FN4O2. The lowest BCUT2D eigenvalue weighted by molar-refractivity contribution is 0.0902. The van der Waals surface area contributed by atoms with E-state index in [0.717, 1.165) is 12.1 Å². The number of nitrogens with zero attached hydrogens (tertiary/aromatic N) is 3. The Bertz CT molecular complexity index is 702. The van der Waals surface area contributed by atoms with Crippen LogP contribution in [0.3, 0.4) is 0 Å². The summed E-state index contributed by atoms with van der Waals surface area (Å²) >= 11 is 11.5. The van der Waals surface area contributed by atoms with E-state index in [0.29, 0.717) is 4.80 Å². The molecule has 6 nitrogen and oxygen atoms in total. The third-order valence-corrected chi connectivity index (χ3v) is 2.82. The Labute approximate surface area is 122 Å². The van der Waals surface area contributed by atoms with Crippen LogP contribution in [-0.4, -0.2) is 26.8 Å². The topological polar surface area (TPSA) is 76.9 Å². The number of anilines is 1. The molecule has 0 atom stereocenters. The van der Waals surface area contributed by atoms with E-state index in [-0.39, 0.29) is 21.6 Å². The summed E-state index contributed by atoms with van der Waals surface area (Å²) in [6.07, 6.45) is 0. The zero-order chi connectivity index (χ0) is 14.9. The number of hydrogen-bond acceptors (Lipinski definition) is 4. The van der Waals surface area contributed by atoms with Crippen molar-refractivity contribution in [2.24, 2.45) is 0 Å². The highest BCUT2D eigenvalue weighted by atomic mass is 35.5. The minimum absolute atomic E-state index is 0.0217. The van der Waals surface area contributed by atoms with E-state index in [9.17, 15) is 14.0 Å². The molecule has 0 saturated carbocycles. The third-order valence-electron chi connectivity index (χ3n) is 2.25. The Kier molecular flexibility index (Phi) is 4.01. The van der Waals surface area contributed by atoms with E-state index >= 15 is 0 Å². The number of nitrogens with one attached hydrogen (secondary N) is 1. The first-order valence-corrected chi connectivity index (χ1v) is 6.04. The molecule has 1 N–H and O–H groups in total. The van der Waals surface area contributed by atoms with Crippen molar-refractivity contribution in [1.82, 2.24) is 15.0 Å². The molecule has 0 aliphatic carbocycles. The summed E-state index contributed by atoms with van der Waals surface area (Å²) in [6.45, 7) is 1.22. The van der Waals surface area contributed by atoms with Gasteiger partial charge in [-0.2, -0.15) is 0 Å². The Morgan fingerprint density at radius 2 is 2.00 bits per heavy atom. The van der Waals surface area contributed by atoms with Gasteiger partial charge >= 0.3 is 0 Å². The monoisotopic (exact) mass is 316 g/mol. The number of carbonyl (C=O) groups is 2. The average molecular weight is 317 g/mol. The fraction of sp³-hybridized carbons (Fsp3) is 0.0909. The Hall–Kier alpha value is -1.99. The summed E-state index contributed by atoms with van der Waals surface area (Å²) in [6, 6.07) is 3.47. The molecule has 104 valence electrons. The summed E-state index contributed by atoms with van der Waals surface area (Å²) in [4.78, 5) is 23.7. The summed E-state index contributed by atoms with van der Waals surface area (Å²) in [5.41, 5.74) is -0.0474. The van der Waals surface area contributed by atoms with Crippen molar-refractivity contribution in [3.63, 3.8) is 0 Å². The van der Waals surface area contributed by atoms with Crippen molar-refractivity contribution in [2.75, 3.05) is 5.32 Å². The number of benzene rings is 1. The fourth-order valence-electron chi connectivity index (χ4n) is 1.34. The van der Waals surface area contributed by atoms with Gasteiger partial charge in [-0.3, -0.25) is 9.59 Å². The minimum atomic E-state index is -0.712. The standard InChI is InChI=1S/C11H7Cl2FN4O2/c1-5(19)18-16-9(10(13)17-18)11(20)15-8-3-2-6(14)4-7(8)12/h2-4H,1H3,(H,15,20). The van der Waals surface area contributed by atoms with Crippen molar-refractivity contribution in [3.8, 4) is 0 Å². The van der Waals surface area contributed by atoms with Crippen molar-refractivity contribution in [1.29, 1.82) is 0 Å². The molecule has 0 radical (unpaired) electrons. The van der Waals surface area contributed by atoms with Gasteiger partial charge in [0.15, 0.2) is 10.8 Å². The van der Waals surface area contributed by atoms with Gasteiger partial charge in [0.05, 0.1) is 10.7 Å². The molecular weight excluding hydrogens is 310 g/mol. The summed E-state index contributed by atoms with van der Waals surface area (Å²) in [5, 5.41) is 9.42. The zero-order valence-electron chi connectivity index (χ0n) is 10.0. The molecule has 0 aliphatic rings. The molecule has 0 spiro atoms. The summed E-state index contributed by atoms with van der Waals surface area (Å²) in [5.74, 6) is -1.74. The Morgan fingerprint density at radius 1 is 1.30 bits per heavy atom. The molecule has 0 aliphatic heterocycles. The van der Waals surface area contributed by atoms with Crippen molar-refractivity contribution in [3.05, 3.63) is 39.9 Å². The number of carbonyl (C=O) groups excluding carboxylic acids is 2. The fourth-order valence-corrected chi connectivity index (χ4v) is 1.75. The number of rotatable bonds is 2. The first kappa shape index (κ1) is 14.4. The normalized spacial score (nSPS) is 10.4. The molecule has 1 aromatic heterocycles. The van der Waals surface area contributed by atoms with Crippen LogP contribution >= 0.6 is 23.2 Å². The average Bonchev–Trinajstić information content (AvgIpc) is 2.75. The molecule has 0 bridgehead atoms. The Balaban J connectivity index is 2.26. The highest BCUT2D eigenvalue weighted by molar-refractivity contribution is 6.35. The zero-order valence-corrected chi connectivity index (χ0v) is 11.5. The maximum atomic E-state index is 12.9. The van der Waals surface area contributed by atoms with E-state index in [4.69, 9.17) is 23.2 Å². The van der Waals surface area contributed by atoms with Crippen molar-refractivity contribution < 1.29 is 14.0 Å². The van der Waals surface area contributed by atoms with Crippen LogP contribution in [0.4, 0.5) is 10.1 Å². The van der Waals surface area contributed by atoms with Gasteiger partial charge in [-0.1, -0.05) is 23.2 Å². The van der Waals surface area contributed by atoms with E-state index in [1.54, 1.807) is 0 Å². The molecule has 0 fully saturated rings. The van der Waals surface area contributed by atoms with Gasteiger partial charge in [0.2, 0.25) is 0 Å². The minimum Gasteiger partial charge on any atom is -0.319 e. The summed E-state index contributed by atoms with van der Waals surface area (Å²) in [7, 11) is 0. The second-order valence-electron chi connectivity index (χ2n) is 3.73. The lowest BCUT2D eigenvalue weighted by Crippen LogP contribution is -2.15. The molecule has 1 aromatic carbocycles. The third kappa shape index (κ3) is 2.94. The molecule has 2 rings (SSSR count). The van der Waals surface area contributed by atoms with Crippen LogP contribution in [0.2, 0.25) is 10.2 Å². The van der Waals surface area contributed by atoms with Gasteiger partial charge in [0.1, 0.15) is 5.82 Å². The number of amides is 1. The van der Waals surface area contributed by atoms with Gasteiger partial charge in [-0.25, -0.2) is 4.39 Å². The lowest BCUT2D eigenvalue weighted by atomic mass is 10.3. The maximum Gasteiger partial charge on any atom is 0.279 e. The molecule has 2 aromatic rings. The van der Waals surface area contributed by atoms with Crippen LogP contribution in [0.5, 0.6) is 0 Å². The van der Waals surface area contributed by atoms with Gasteiger partial charge < -0.3 is 5.32 Å². The van der Waals surface area contributed by atoms with Crippen LogP contribution in [-0.2, 0) is 0 Å². The number of hydrogen-bond donors (Lipinski definition) is 1. The van der Waals surface area contributed by atoms with Crippen molar-refractivity contribution >= 4 is 40.7 Å². The Morgan fingerprint density at radius 3 is 2.55 bits per heavy atom. The first-order valence-electron chi connectivity index (χ1n) is 5.28. The SMILES string of the molecule is CC(=O)n1nc(Cl)c(C(=O)Nc2ccc(F)cc2Cl)n1. The van der Waals surface area contributed by atoms with E-state index in [2.05, 4.69) is 15.5 Å². The maximum absolute atomic E-state index is 12.9. The highest BCUT2D eigenvalue weighted by Crippen LogP contribution is 2.23.